The number of nitrogens with one attached hydrogen (secondary N) is 2. The molecule has 78 valence electrons. The van der Waals surface area contributed by atoms with Gasteiger partial charge in [-0.3, -0.25) is 0 Å². The van der Waals surface area contributed by atoms with Crippen molar-refractivity contribution in [3.8, 4) is 0 Å². The van der Waals surface area contributed by atoms with Gasteiger partial charge in [-0.05, 0) is 6.07 Å². The van der Waals surface area contributed by atoms with Gasteiger partial charge in [0.15, 0.2) is 0 Å². The van der Waals surface area contributed by atoms with Crippen LogP contribution in [-0.2, 0) is 10.2 Å². The molecule has 0 spiro atoms. The molecule has 3 rings (SSSR count). The molecule has 0 amide bonds. The molecule has 6 heteroatoms. The summed E-state index contributed by atoms with van der Waals surface area (Å²) in [6.45, 7) is 0.385. The van der Waals surface area contributed by atoms with Crippen LogP contribution in [0.15, 0.2) is 22.7 Å². The average Bonchev–Trinajstić information content (AvgIpc) is 2.64. The second-order valence-electron chi connectivity index (χ2n) is 3.57. The predicted octanol–water partition coefficient (Wildman–Crippen LogP) is 0.295. The Bertz CT molecular complexity index is 568. The fourth-order valence-electron chi connectivity index (χ4n) is 1.87. The summed E-state index contributed by atoms with van der Waals surface area (Å²) in [6.07, 6.45) is 5.74. The van der Waals surface area contributed by atoms with Gasteiger partial charge < -0.3 is 4.98 Å². The Kier molecular flexibility index (Phi) is 1.66. The molecule has 1 aliphatic carbocycles. The van der Waals surface area contributed by atoms with Crippen LogP contribution in [0.3, 0.4) is 0 Å². The molecule has 0 radical (unpaired) electrons. The van der Waals surface area contributed by atoms with E-state index in [1.54, 1.807) is 6.20 Å². The van der Waals surface area contributed by atoms with Crippen LogP contribution < -0.4 is 4.72 Å². The van der Waals surface area contributed by atoms with E-state index >= 15 is 0 Å². The van der Waals surface area contributed by atoms with Crippen molar-refractivity contribution >= 4 is 22.0 Å². The Balaban J connectivity index is 2.23. The smallest absolute Gasteiger partial charge is 0.320 e. The highest BCUT2D eigenvalue weighted by Crippen LogP contribution is 2.24. The number of aromatic amines is 1. The number of fused-ring (bicyclic) bond motifs is 3. The van der Waals surface area contributed by atoms with Crippen molar-refractivity contribution in [2.75, 3.05) is 6.54 Å². The molecule has 1 aromatic heterocycles. The lowest BCUT2D eigenvalue weighted by atomic mass is 9.93. The standard InChI is InChI=1S/C9H9N3O2S/c13-15(14)11-5-7-2-1-6-3-4-10-8(6)9(7)12-15/h1-4,7,10-11H,5H2. The number of hydrogen-bond acceptors (Lipinski definition) is 2. The van der Waals surface area contributed by atoms with E-state index in [1.165, 1.54) is 0 Å². The SMILES string of the molecule is O=S1(=O)N=C2c3[nH]ccc3C=CC2CN1. The molecule has 0 saturated carbocycles. The molecule has 1 aliphatic heterocycles. The van der Waals surface area contributed by atoms with E-state index < -0.39 is 10.2 Å². The van der Waals surface area contributed by atoms with E-state index in [-0.39, 0.29) is 5.92 Å². The number of aromatic nitrogens is 1. The van der Waals surface area contributed by atoms with Gasteiger partial charge in [0, 0.05) is 24.2 Å². The van der Waals surface area contributed by atoms with E-state index in [0.717, 1.165) is 11.3 Å². The number of hydrogen-bond donors (Lipinski definition) is 2. The molecule has 2 aliphatic rings. The third-order valence-corrected chi connectivity index (χ3v) is 3.57. The Labute approximate surface area is 87.1 Å². The fourth-order valence-corrected chi connectivity index (χ4v) is 2.81. The Morgan fingerprint density at radius 3 is 3.20 bits per heavy atom. The molecule has 2 heterocycles. The van der Waals surface area contributed by atoms with E-state index in [0.29, 0.717) is 12.3 Å². The van der Waals surface area contributed by atoms with Crippen LogP contribution >= 0.6 is 0 Å². The maximum absolute atomic E-state index is 11.3. The third-order valence-electron chi connectivity index (χ3n) is 2.60. The summed E-state index contributed by atoms with van der Waals surface area (Å²) < 4.78 is 28.7. The van der Waals surface area contributed by atoms with Crippen LogP contribution in [0.1, 0.15) is 11.3 Å². The molecule has 2 N–H and O–H groups in total. The first-order valence-corrected chi connectivity index (χ1v) is 6.05. The molecule has 0 saturated heterocycles. The highest BCUT2D eigenvalue weighted by Gasteiger charge is 2.29. The van der Waals surface area contributed by atoms with Gasteiger partial charge in [0.1, 0.15) is 0 Å². The van der Waals surface area contributed by atoms with E-state index in [9.17, 15) is 8.42 Å². The molecular weight excluding hydrogens is 214 g/mol. The van der Waals surface area contributed by atoms with Crippen molar-refractivity contribution in [1.29, 1.82) is 0 Å². The maximum Gasteiger partial charge on any atom is 0.320 e. The minimum absolute atomic E-state index is 0.0414. The first-order chi connectivity index (χ1) is 7.16. The van der Waals surface area contributed by atoms with Crippen LogP contribution in [0.25, 0.3) is 6.08 Å². The second-order valence-corrected chi connectivity index (χ2v) is 5.00. The van der Waals surface area contributed by atoms with Gasteiger partial charge in [-0.25, -0.2) is 0 Å². The largest absolute Gasteiger partial charge is 0.360 e. The maximum atomic E-state index is 11.3. The highest BCUT2D eigenvalue weighted by molar-refractivity contribution is 7.88. The zero-order valence-electron chi connectivity index (χ0n) is 7.77. The van der Waals surface area contributed by atoms with Gasteiger partial charge in [0.25, 0.3) is 0 Å². The van der Waals surface area contributed by atoms with Crippen LogP contribution in [-0.4, -0.2) is 25.7 Å². The van der Waals surface area contributed by atoms with Crippen molar-refractivity contribution in [2.24, 2.45) is 10.3 Å². The molecule has 0 fully saturated rings. The van der Waals surface area contributed by atoms with E-state index in [1.807, 2.05) is 18.2 Å². The topological polar surface area (TPSA) is 74.3 Å². The fraction of sp³-hybridized carbons (Fsp3) is 0.222. The highest BCUT2D eigenvalue weighted by atomic mass is 32.2. The summed E-state index contributed by atoms with van der Waals surface area (Å²) in [6, 6.07) is 1.90. The summed E-state index contributed by atoms with van der Waals surface area (Å²) in [7, 11) is -3.49. The third kappa shape index (κ3) is 1.33. The van der Waals surface area contributed by atoms with Crippen molar-refractivity contribution in [1.82, 2.24) is 9.71 Å². The molecular formula is C9H9N3O2S. The zero-order chi connectivity index (χ0) is 10.5. The van der Waals surface area contributed by atoms with E-state index in [4.69, 9.17) is 0 Å². The Morgan fingerprint density at radius 1 is 1.47 bits per heavy atom. The van der Waals surface area contributed by atoms with E-state index in [2.05, 4.69) is 14.1 Å². The van der Waals surface area contributed by atoms with Gasteiger partial charge in [0.05, 0.1) is 11.4 Å². The molecule has 15 heavy (non-hydrogen) atoms. The number of rotatable bonds is 0. The van der Waals surface area contributed by atoms with Crippen LogP contribution in [0, 0.1) is 5.92 Å². The molecule has 1 aromatic rings. The summed E-state index contributed by atoms with van der Waals surface area (Å²) in [5, 5.41) is 0. The van der Waals surface area contributed by atoms with Crippen molar-refractivity contribution in [3.63, 3.8) is 0 Å². The Hall–Kier alpha value is -1.40. The predicted molar refractivity (Wildman–Crippen MR) is 56.8 cm³/mol. The molecule has 1 atom stereocenters. The summed E-state index contributed by atoms with van der Waals surface area (Å²) in [5.74, 6) is 0.0414. The second kappa shape index (κ2) is 2.80. The molecule has 1 unspecified atom stereocenters. The van der Waals surface area contributed by atoms with Crippen molar-refractivity contribution in [3.05, 3.63) is 29.6 Å². The first-order valence-electron chi connectivity index (χ1n) is 4.61. The van der Waals surface area contributed by atoms with Gasteiger partial charge in [-0.2, -0.15) is 17.5 Å². The lowest BCUT2D eigenvalue weighted by Crippen LogP contribution is -2.38. The lowest BCUT2D eigenvalue weighted by Gasteiger charge is -2.23. The lowest BCUT2D eigenvalue weighted by molar-refractivity contribution is 0.575. The normalized spacial score (nSPS) is 26.7. The van der Waals surface area contributed by atoms with Crippen molar-refractivity contribution in [2.45, 2.75) is 0 Å². The summed E-state index contributed by atoms with van der Waals surface area (Å²) in [4.78, 5) is 3.02. The average molecular weight is 223 g/mol. The first kappa shape index (κ1) is 8.87. The van der Waals surface area contributed by atoms with Crippen LogP contribution in [0.5, 0.6) is 0 Å². The molecule has 5 nitrogen and oxygen atoms in total. The number of nitrogens with zero attached hydrogens (tertiary/aromatic N) is 1. The Morgan fingerprint density at radius 2 is 2.33 bits per heavy atom. The summed E-state index contributed by atoms with van der Waals surface area (Å²) in [5.41, 5.74) is 2.41. The van der Waals surface area contributed by atoms with Crippen LogP contribution in [0.2, 0.25) is 0 Å². The number of H-pyrrole nitrogens is 1. The van der Waals surface area contributed by atoms with Crippen molar-refractivity contribution < 1.29 is 8.42 Å². The van der Waals surface area contributed by atoms with Gasteiger partial charge in [-0.1, -0.05) is 12.2 Å². The minimum atomic E-state index is -3.49. The van der Waals surface area contributed by atoms with Gasteiger partial charge in [0.2, 0.25) is 0 Å². The molecule has 0 aromatic carbocycles. The van der Waals surface area contributed by atoms with Crippen LogP contribution in [0.4, 0.5) is 0 Å². The monoisotopic (exact) mass is 223 g/mol. The van der Waals surface area contributed by atoms with Gasteiger partial charge in [-0.15, -0.1) is 0 Å². The minimum Gasteiger partial charge on any atom is -0.360 e. The van der Waals surface area contributed by atoms with Gasteiger partial charge >= 0.3 is 10.2 Å². The molecule has 0 bridgehead atoms. The zero-order valence-corrected chi connectivity index (χ0v) is 8.58. The quantitative estimate of drug-likeness (QED) is 0.663. The summed E-state index contributed by atoms with van der Waals surface area (Å²) >= 11 is 0.